The topological polar surface area (TPSA) is 53.2 Å². The first-order valence-corrected chi connectivity index (χ1v) is 4.93. The summed E-state index contributed by atoms with van der Waals surface area (Å²) in [6.45, 7) is 0.0742. The maximum absolute atomic E-state index is 9.17. The molecule has 0 bridgehead atoms. The largest absolute Gasteiger partial charge is 0.497 e. The van der Waals surface area contributed by atoms with E-state index in [2.05, 4.69) is 6.07 Å². The van der Waals surface area contributed by atoms with Gasteiger partial charge in [-0.2, -0.15) is 5.26 Å². The number of hydrogen-bond donors (Lipinski definition) is 1. The smallest absolute Gasteiger partial charge is 0.119 e. The molecule has 1 aliphatic carbocycles. The van der Waals surface area contributed by atoms with Gasteiger partial charge in [0.15, 0.2) is 0 Å². The molecule has 78 valence electrons. The molecule has 1 aromatic rings. The van der Waals surface area contributed by atoms with Crippen molar-refractivity contribution in [2.24, 2.45) is 5.92 Å². The molecule has 1 saturated carbocycles. The lowest BCUT2D eigenvalue weighted by atomic mass is 9.95. The van der Waals surface area contributed by atoms with Crippen LogP contribution >= 0.6 is 0 Å². The van der Waals surface area contributed by atoms with Gasteiger partial charge in [-0.3, -0.25) is 0 Å². The van der Waals surface area contributed by atoms with Crippen LogP contribution in [-0.2, 0) is 5.41 Å². The van der Waals surface area contributed by atoms with Crippen LogP contribution in [0.1, 0.15) is 12.0 Å². The first-order valence-electron chi connectivity index (χ1n) is 4.93. The zero-order chi connectivity index (χ0) is 10.9. The van der Waals surface area contributed by atoms with Crippen molar-refractivity contribution < 1.29 is 9.84 Å². The fourth-order valence-electron chi connectivity index (χ4n) is 2.01. The molecular formula is C12H13NO2. The van der Waals surface area contributed by atoms with E-state index >= 15 is 0 Å². The zero-order valence-corrected chi connectivity index (χ0v) is 8.60. The van der Waals surface area contributed by atoms with Crippen LogP contribution in [0.4, 0.5) is 0 Å². The van der Waals surface area contributed by atoms with Crippen molar-refractivity contribution in [3.8, 4) is 11.8 Å². The number of benzene rings is 1. The summed E-state index contributed by atoms with van der Waals surface area (Å²) in [5.74, 6) is 0.834. The van der Waals surface area contributed by atoms with E-state index in [-0.39, 0.29) is 12.5 Å². The Hall–Kier alpha value is -1.53. The Morgan fingerprint density at radius 2 is 2.47 bits per heavy atom. The second kappa shape index (κ2) is 3.56. The SMILES string of the molecule is COc1cccc([C@@]2(C#N)C[C@@H]2CO)c1. The van der Waals surface area contributed by atoms with Crippen LogP contribution in [0.5, 0.6) is 5.75 Å². The summed E-state index contributed by atoms with van der Waals surface area (Å²) >= 11 is 0. The highest BCUT2D eigenvalue weighted by molar-refractivity contribution is 5.44. The van der Waals surface area contributed by atoms with Gasteiger partial charge in [0, 0.05) is 12.5 Å². The van der Waals surface area contributed by atoms with Crippen LogP contribution in [0.2, 0.25) is 0 Å². The Bertz CT molecular complexity index is 410. The lowest BCUT2D eigenvalue weighted by Gasteiger charge is -2.09. The van der Waals surface area contributed by atoms with E-state index < -0.39 is 5.41 Å². The summed E-state index contributed by atoms with van der Waals surface area (Å²) in [5, 5.41) is 18.3. The number of nitriles is 1. The molecule has 1 aromatic carbocycles. The Labute approximate surface area is 88.9 Å². The quantitative estimate of drug-likeness (QED) is 0.809. The van der Waals surface area contributed by atoms with Crippen molar-refractivity contribution in [1.82, 2.24) is 0 Å². The van der Waals surface area contributed by atoms with E-state index in [4.69, 9.17) is 9.84 Å². The van der Waals surface area contributed by atoms with Gasteiger partial charge in [-0.15, -0.1) is 0 Å². The van der Waals surface area contributed by atoms with Crippen LogP contribution in [0.15, 0.2) is 24.3 Å². The molecule has 0 aliphatic heterocycles. The maximum atomic E-state index is 9.17. The minimum absolute atomic E-state index is 0.0742. The molecule has 0 amide bonds. The number of rotatable bonds is 3. The number of aliphatic hydroxyl groups is 1. The molecular weight excluding hydrogens is 190 g/mol. The van der Waals surface area contributed by atoms with E-state index in [9.17, 15) is 5.26 Å². The molecule has 3 heteroatoms. The van der Waals surface area contributed by atoms with E-state index in [1.54, 1.807) is 7.11 Å². The summed E-state index contributed by atoms with van der Waals surface area (Å²) < 4.78 is 5.12. The van der Waals surface area contributed by atoms with Crippen molar-refractivity contribution >= 4 is 0 Å². The summed E-state index contributed by atoms with van der Waals surface area (Å²) in [4.78, 5) is 0. The molecule has 0 heterocycles. The van der Waals surface area contributed by atoms with Gasteiger partial charge >= 0.3 is 0 Å². The van der Waals surface area contributed by atoms with Crippen molar-refractivity contribution in [2.45, 2.75) is 11.8 Å². The number of hydrogen-bond acceptors (Lipinski definition) is 3. The third kappa shape index (κ3) is 1.47. The zero-order valence-electron chi connectivity index (χ0n) is 8.60. The van der Waals surface area contributed by atoms with Gasteiger partial charge in [0.25, 0.3) is 0 Å². The standard InChI is InChI=1S/C12H13NO2/c1-15-11-4-2-3-9(5-11)12(8-13)6-10(12)7-14/h2-5,10,14H,6-7H2,1H3/t10-,12+/m1/s1. The normalized spacial score (nSPS) is 28.2. The fourth-order valence-corrected chi connectivity index (χ4v) is 2.01. The average Bonchev–Trinajstić information content (AvgIpc) is 3.04. The second-order valence-corrected chi connectivity index (χ2v) is 3.90. The monoisotopic (exact) mass is 203 g/mol. The Balaban J connectivity index is 2.34. The lowest BCUT2D eigenvalue weighted by molar-refractivity contribution is 0.269. The highest BCUT2D eigenvalue weighted by atomic mass is 16.5. The Morgan fingerprint density at radius 1 is 1.67 bits per heavy atom. The highest BCUT2D eigenvalue weighted by Gasteiger charge is 2.55. The molecule has 1 fully saturated rings. The number of ether oxygens (including phenoxy) is 1. The van der Waals surface area contributed by atoms with Gasteiger partial charge in [-0.1, -0.05) is 12.1 Å². The molecule has 0 saturated heterocycles. The molecule has 2 rings (SSSR count). The van der Waals surface area contributed by atoms with Crippen molar-refractivity contribution in [3.05, 3.63) is 29.8 Å². The van der Waals surface area contributed by atoms with E-state index in [1.165, 1.54) is 0 Å². The first kappa shape index (κ1) is 10.0. The van der Waals surface area contributed by atoms with Crippen molar-refractivity contribution in [2.75, 3.05) is 13.7 Å². The van der Waals surface area contributed by atoms with E-state index in [0.29, 0.717) is 0 Å². The van der Waals surface area contributed by atoms with Gasteiger partial charge in [-0.05, 0) is 24.1 Å². The molecule has 1 aliphatic rings. The maximum Gasteiger partial charge on any atom is 0.119 e. The molecule has 2 atom stereocenters. The predicted octanol–water partition coefficient (Wildman–Crippen LogP) is 1.47. The third-order valence-electron chi connectivity index (χ3n) is 3.11. The molecule has 0 unspecified atom stereocenters. The van der Waals surface area contributed by atoms with E-state index in [0.717, 1.165) is 17.7 Å². The Morgan fingerprint density at radius 3 is 3.00 bits per heavy atom. The van der Waals surface area contributed by atoms with Crippen LogP contribution in [0, 0.1) is 17.2 Å². The Kier molecular flexibility index (Phi) is 2.37. The minimum atomic E-state index is -0.483. The highest BCUT2D eigenvalue weighted by Crippen LogP contribution is 2.53. The summed E-state index contributed by atoms with van der Waals surface area (Å²) in [5.41, 5.74) is 0.465. The average molecular weight is 203 g/mol. The number of aliphatic hydroxyl groups excluding tert-OH is 1. The van der Waals surface area contributed by atoms with Crippen molar-refractivity contribution in [3.63, 3.8) is 0 Å². The second-order valence-electron chi connectivity index (χ2n) is 3.90. The minimum Gasteiger partial charge on any atom is -0.497 e. The summed E-state index contributed by atoms with van der Waals surface area (Å²) in [7, 11) is 1.61. The number of nitrogens with zero attached hydrogens (tertiary/aromatic N) is 1. The van der Waals surface area contributed by atoms with Crippen LogP contribution in [0.3, 0.4) is 0 Å². The molecule has 0 aromatic heterocycles. The van der Waals surface area contributed by atoms with Gasteiger partial charge in [0.1, 0.15) is 5.75 Å². The van der Waals surface area contributed by atoms with Gasteiger partial charge in [0.2, 0.25) is 0 Å². The summed E-state index contributed by atoms with van der Waals surface area (Å²) in [6, 6.07) is 9.82. The molecule has 0 spiro atoms. The first-order chi connectivity index (χ1) is 7.26. The molecule has 0 radical (unpaired) electrons. The number of methoxy groups -OCH3 is 1. The van der Waals surface area contributed by atoms with Crippen molar-refractivity contribution in [1.29, 1.82) is 5.26 Å². The molecule has 3 nitrogen and oxygen atoms in total. The van der Waals surface area contributed by atoms with Crippen LogP contribution < -0.4 is 4.74 Å². The van der Waals surface area contributed by atoms with Gasteiger partial charge in [0.05, 0.1) is 18.6 Å². The summed E-state index contributed by atoms with van der Waals surface area (Å²) in [6.07, 6.45) is 0.743. The molecule has 15 heavy (non-hydrogen) atoms. The predicted molar refractivity (Wildman–Crippen MR) is 55.5 cm³/mol. The third-order valence-corrected chi connectivity index (χ3v) is 3.11. The lowest BCUT2D eigenvalue weighted by Crippen LogP contribution is -2.09. The van der Waals surface area contributed by atoms with Gasteiger partial charge in [-0.25, -0.2) is 0 Å². The van der Waals surface area contributed by atoms with Gasteiger partial charge < -0.3 is 9.84 Å². The van der Waals surface area contributed by atoms with E-state index in [1.807, 2.05) is 24.3 Å². The van der Waals surface area contributed by atoms with Crippen LogP contribution in [-0.4, -0.2) is 18.8 Å². The fraction of sp³-hybridized carbons (Fsp3) is 0.417. The van der Waals surface area contributed by atoms with Crippen LogP contribution in [0.25, 0.3) is 0 Å². The molecule has 1 N–H and O–H groups in total.